The van der Waals surface area contributed by atoms with Gasteiger partial charge in [-0.05, 0) is 77.6 Å². The second kappa shape index (κ2) is 9.46. The fraction of sp³-hybridized carbons (Fsp3) is 0.696. The molecule has 0 saturated carbocycles. The van der Waals surface area contributed by atoms with Crippen molar-refractivity contribution in [2.45, 2.75) is 70.8 Å². The molecule has 2 fully saturated rings. The largest absolute Gasteiger partial charge is 0.372 e. The molecular weight excluding hydrogens is 414 g/mol. The second-order valence-corrected chi connectivity index (χ2v) is 12.6. The quantitative estimate of drug-likeness (QED) is 0.742. The molecule has 2 aliphatic heterocycles. The van der Waals surface area contributed by atoms with Crippen molar-refractivity contribution in [1.29, 1.82) is 0 Å². The van der Waals surface area contributed by atoms with Gasteiger partial charge in [0.1, 0.15) is 0 Å². The summed E-state index contributed by atoms with van der Waals surface area (Å²) in [5.41, 5.74) is 1.92. The molecule has 2 saturated heterocycles. The minimum absolute atomic E-state index is 0.0153. The van der Waals surface area contributed by atoms with Gasteiger partial charge in [0.25, 0.3) is 0 Å². The van der Waals surface area contributed by atoms with Crippen LogP contribution in [0.3, 0.4) is 0 Å². The van der Waals surface area contributed by atoms with Gasteiger partial charge in [-0.3, -0.25) is 4.79 Å². The zero-order chi connectivity index (χ0) is 22.8. The second-order valence-electron chi connectivity index (χ2n) is 9.92. The maximum absolute atomic E-state index is 12.6. The Morgan fingerprint density at radius 3 is 2.13 bits per heavy atom. The first-order valence-electron chi connectivity index (χ1n) is 11.3. The normalized spacial score (nSPS) is 24.2. The van der Waals surface area contributed by atoms with Crippen LogP contribution in [0.2, 0.25) is 0 Å². The number of sulfonamides is 1. The maximum Gasteiger partial charge on any atom is 0.224 e. The van der Waals surface area contributed by atoms with E-state index in [9.17, 15) is 13.2 Å². The number of carbonyl (C=O) groups excluding carboxylic acids is 1. The summed E-state index contributed by atoms with van der Waals surface area (Å²) in [6, 6.07) is 7.96. The number of nitrogens with zero attached hydrogens (tertiary/aromatic N) is 2. The number of carbonyl (C=O) groups is 1. The van der Waals surface area contributed by atoms with Gasteiger partial charge >= 0.3 is 0 Å². The predicted octanol–water partition coefficient (Wildman–Crippen LogP) is 3.47. The van der Waals surface area contributed by atoms with E-state index >= 15 is 0 Å². The highest BCUT2D eigenvalue weighted by molar-refractivity contribution is 7.90. The average Bonchev–Trinajstić information content (AvgIpc) is 2.67. The molecule has 0 radical (unpaired) electrons. The zero-order valence-corrected chi connectivity index (χ0v) is 20.2. The van der Waals surface area contributed by atoms with Gasteiger partial charge < -0.3 is 15.0 Å². The van der Waals surface area contributed by atoms with Crippen molar-refractivity contribution in [1.82, 2.24) is 4.31 Å². The molecule has 3 rings (SSSR count). The fourth-order valence-corrected chi connectivity index (χ4v) is 5.83. The Kier molecular flexibility index (Phi) is 7.33. The van der Waals surface area contributed by atoms with Crippen molar-refractivity contribution in [3.63, 3.8) is 0 Å². The molecular formula is C23H37N3O4S. The Hall–Kier alpha value is -1.64. The molecule has 1 aromatic rings. The van der Waals surface area contributed by atoms with Crippen molar-refractivity contribution < 1.29 is 17.9 Å². The lowest BCUT2D eigenvalue weighted by molar-refractivity contribution is -0.117. The van der Waals surface area contributed by atoms with Crippen LogP contribution in [0.25, 0.3) is 0 Å². The van der Waals surface area contributed by atoms with Crippen LogP contribution in [0.15, 0.2) is 24.3 Å². The molecule has 2 heterocycles. The van der Waals surface area contributed by atoms with Gasteiger partial charge in [-0.25, -0.2) is 12.7 Å². The number of ether oxygens (including phenoxy) is 1. The summed E-state index contributed by atoms with van der Waals surface area (Å²) in [5, 5.41) is 2.99. The Balaban J connectivity index is 1.48. The number of anilines is 2. The van der Waals surface area contributed by atoms with E-state index in [0.29, 0.717) is 19.5 Å². The van der Waals surface area contributed by atoms with Crippen molar-refractivity contribution in [2.24, 2.45) is 5.92 Å². The number of benzene rings is 1. The summed E-state index contributed by atoms with van der Waals surface area (Å²) < 4.78 is 31.8. The SMILES string of the molecule is C[C@@H]1CN(c2ccc(NC(=O)CC3CCN(S(=O)(=O)C(C)(C)C)CC3)cc2)C[C@H](C)O1. The fourth-order valence-electron chi connectivity index (χ4n) is 4.36. The third kappa shape index (κ3) is 5.99. The van der Waals surface area contributed by atoms with Gasteiger partial charge in [0, 0.05) is 44.0 Å². The van der Waals surface area contributed by atoms with Gasteiger partial charge in [-0.1, -0.05) is 0 Å². The smallest absolute Gasteiger partial charge is 0.224 e. The van der Waals surface area contributed by atoms with E-state index in [2.05, 4.69) is 24.1 Å². The minimum atomic E-state index is -3.30. The van der Waals surface area contributed by atoms with Crippen LogP contribution < -0.4 is 10.2 Å². The van der Waals surface area contributed by atoms with E-state index in [1.165, 1.54) is 0 Å². The third-order valence-corrected chi connectivity index (χ3v) is 8.69. The van der Waals surface area contributed by atoms with Crippen molar-refractivity contribution in [3.05, 3.63) is 24.3 Å². The zero-order valence-electron chi connectivity index (χ0n) is 19.4. The molecule has 0 aliphatic carbocycles. The summed E-state index contributed by atoms with van der Waals surface area (Å²) in [4.78, 5) is 14.8. The highest BCUT2D eigenvalue weighted by Gasteiger charge is 2.37. The molecule has 0 spiro atoms. The van der Waals surface area contributed by atoms with Gasteiger partial charge in [0.15, 0.2) is 0 Å². The van der Waals surface area contributed by atoms with Gasteiger partial charge in [0.05, 0.1) is 17.0 Å². The van der Waals surface area contributed by atoms with Gasteiger partial charge in [0.2, 0.25) is 15.9 Å². The average molecular weight is 452 g/mol. The number of rotatable bonds is 5. The standard InChI is InChI=1S/C23H37N3O4S/c1-17-15-25(16-18(2)30-17)21-8-6-20(7-9-21)24-22(27)14-19-10-12-26(13-11-19)31(28,29)23(3,4)5/h6-9,17-19H,10-16H2,1-5H3,(H,24,27)/t17-,18+. The molecule has 1 amide bonds. The van der Waals surface area contributed by atoms with Crippen LogP contribution in [-0.2, 0) is 19.6 Å². The molecule has 31 heavy (non-hydrogen) atoms. The summed E-state index contributed by atoms with van der Waals surface area (Å²) in [7, 11) is -3.30. The molecule has 2 aliphatic rings. The Morgan fingerprint density at radius 2 is 1.61 bits per heavy atom. The summed E-state index contributed by atoms with van der Waals surface area (Å²) >= 11 is 0. The molecule has 8 heteroatoms. The topological polar surface area (TPSA) is 79.0 Å². The highest BCUT2D eigenvalue weighted by atomic mass is 32.2. The van der Waals surface area contributed by atoms with E-state index in [-0.39, 0.29) is 24.0 Å². The van der Waals surface area contributed by atoms with Gasteiger partial charge in [-0.15, -0.1) is 0 Å². The van der Waals surface area contributed by atoms with Crippen LogP contribution in [-0.4, -0.2) is 61.8 Å². The number of piperidine rings is 1. The number of hydrogen-bond donors (Lipinski definition) is 1. The molecule has 2 atom stereocenters. The maximum atomic E-state index is 12.6. The van der Waals surface area contributed by atoms with Crippen LogP contribution in [0.5, 0.6) is 0 Å². The first kappa shape index (κ1) is 24.0. The molecule has 0 aromatic heterocycles. The van der Waals surface area contributed by atoms with E-state index in [1.54, 1.807) is 25.1 Å². The van der Waals surface area contributed by atoms with E-state index < -0.39 is 14.8 Å². The molecule has 1 aromatic carbocycles. The minimum Gasteiger partial charge on any atom is -0.372 e. The van der Waals surface area contributed by atoms with E-state index in [1.807, 2.05) is 24.3 Å². The van der Waals surface area contributed by atoms with Crippen LogP contribution in [0, 0.1) is 5.92 Å². The third-order valence-electron chi connectivity index (χ3n) is 6.10. The van der Waals surface area contributed by atoms with Crippen molar-refractivity contribution >= 4 is 27.3 Å². The first-order chi connectivity index (χ1) is 14.5. The Labute approximate surface area is 187 Å². The van der Waals surface area contributed by atoms with Crippen LogP contribution in [0.4, 0.5) is 11.4 Å². The highest BCUT2D eigenvalue weighted by Crippen LogP contribution is 2.28. The van der Waals surface area contributed by atoms with Crippen LogP contribution in [0.1, 0.15) is 53.9 Å². The molecule has 1 N–H and O–H groups in total. The molecule has 0 bridgehead atoms. The van der Waals surface area contributed by atoms with Gasteiger partial charge in [-0.2, -0.15) is 0 Å². The monoisotopic (exact) mass is 451 g/mol. The Bertz CT molecular complexity index is 846. The summed E-state index contributed by atoms with van der Waals surface area (Å²) in [6.07, 6.45) is 2.26. The molecule has 174 valence electrons. The van der Waals surface area contributed by atoms with E-state index in [0.717, 1.165) is 37.3 Å². The number of amides is 1. The lowest BCUT2D eigenvalue weighted by Gasteiger charge is -2.37. The number of hydrogen-bond acceptors (Lipinski definition) is 5. The summed E-state index contributed by atoms with van der Waals surface area (Å²) in [6.45, 7) is 12.1. The first-order valence-corrected chi connectivity index (χ1v) is 12.7. The predicted molar refractivity (Wildman–Crippen MR) is 125 cm³/mol. The van der Waals surface area contributed by atoms with Crippen LogP contribution >= 0.6 is 0 Å². The van der Waals surface area contributed by atoms with Crippen molar-refractivity contribution in [3.8, 4) is 0 Å². The lowest BCUT2D eigenvalue weighted by Crippen LogP contribution is -2.46. The van der Waals surface area contributed by atoms with E-state index in [4.69, 9.17) is 4.74 Å². The molecule has 7 nitrogen and oxygen atoms in total. The number of morpholine rings is 1. The summed E-state index contributed by atoms with van der Waals surface area (Å²) in [5.74, 6) is 0.195. The lowest BCUT2D eigenvalue weighted by atomic mass is 9.94. The Morgan fingerprint density at radius 1 is 1.06 bits per heavy atom. The molecule has 0 unspecified atom stereocenters. The van der Waals surface area contributed by atoms with Crippen molar-refractivity contribution in [2.75, 3.05) is 36.4 Å². The number of nitrogens with one attached hydrogen (secondary N) is 1.